The second-order valence-electron chi connectivity index (χ2n) is 7.39. The molecule has 3 N–H and O–H groups in total. The van der Waals surface area contributed by atoms with Crippen molar-refractivity contribution in [2.75, 3.05) is 10.2 Å². The lowest BCUT2D eigenvalue weighted by molar-refractivity contribution is -0.122. The molecule has 2 aromatic carbocycles. The summed E-state index contributed by atoms with van der Waals surface area (Å²) in [4.78, 5) is 28.4. The van der Waals surface area contributed by atoms with Gasteiger partial charge in [-0.2, -0.15) is 5.26 Å². The molecule has 0 radical (unpaired) electrons. The third-order valence-electron chi connectivity index (χ3n) is 5.95. The van der Waals surface area contributed by atoms with E-state index in [1.165, 1.54) is 0 Å². The summed E-state index contributed by atoms with van der Waals surface area (Å²) in [5.41, 5.74) is 8.22. The molecule has 142 valence electrons. The van der Waals surface area contributed by atoms with Crippen molar-refractivity contribution in [1.29, 1.82) is 5.26 Å². The van der Waals surface area contributed by atoms with Gasteiger partial charge in [-0.25, -0.2) is 0 Å². The maximum absolute atomic E-state index is 13.4. The zero-order chi connectivity index (χ0) is 20.2. The third kappa shape index (κ3) is 2.10. The first-order valence-electron chi connectivity index (χ1n) is 9.54. The highest BCUT2D eigenvalue weighted by atomic mass is 16.2. The highest BCUT2D eigenvalue weighted by Gasteiger charge is 2.59. The van der Waals surface area contributed by atoms with Gasteiger partial charge in [-0.3, -0.25) is 14.5 Å². The van der Waals surface area contributed by atoms with E-state index in [-0.39, 0.29) is 17.2 Å². The molecule has 0 saturated heterocycles. The van der Waals surface area contributed by atoms with Crippen LogP contribution in [0.1, 0.15) is 24.8 Å². The molecule has 1 aliphatic carbocycles. The fourth-order valence-electron chi connectivity index (χ4n) is 4.82. The van der Waals surface area contributed by atoms with Gasteiger partial charge < -0.3 is 11.1 Å². The van der Waals surface area contributed by atoms with Gasteiger partial charge in [0, 0.05) is 34.6 Å². The van der Waals surface area contributed by atoms with Crippen molar-refractivity contribution in [2.45, 2.75) is 24.7 Å². The number of carbonyl (C=O) groups excluding carboxylic acids is 2. The summed E-state index contributed by atoms with van der Waals surface area (Å²) in [6.45, 7) is 0. The first-order valence-corrected chi connectivity index (χ1v) is 9.54. The van der Waals surface area contributed by atoms with Crippen molar-refractivity contribution < 1.29 is 9.59 Å². The van der Waals surface area contributed by atoms with Crippen LogP contribution in [0.15, 0.2) is 77.3 Å². The summed E-state index contributed by atoms with van der Waals surface area (Å²) in [5, 5.41) is 13.0. The highest BCUT2D eigenvalue weighted by Crippen LogP contribution is 2.54. The summed E-state index contributed by atoms with van der Waals surface area (Å²) >= 11 is 0. The van der Waals surface area contributed by atoms with Crippen molar-refractivity contribution in [2.24, 2.45) is 5.73 Å². The summed E-state index contributed by atoms with van der Waals surface area (Å²) in [5.74, 6) is -0.313. The number of nitrogens with two attached hydrogens (primary N) is 1. The number of allylic oxidation sites excluding steroid dienone is 1. The van der Waals surface area contributed by atoms with Crippen LogP contribution in [0.25, 0.3) is 0 Å². The molecule has 0 bridgehead atoms. The lowest BCUT2D eigenvalue weighted by atomic mass is 9.64. The third-order valence-corrected chi connectivity index (χ3v) is 5.95. The lowest BCUT2D eigenvalue weighted by Crippen LogP contribution is -2.50. The Morgan fingerprint density at radius 1 is 1.03 bits per heavy atom. The fourth-order valence-corrected chi connectivity index (χ4v) is 4.82. The van der Waals surface area contributed by atoms with Crippen LogP contribution in [0.5, 0.6) is 0 Å². The quantitative estimate of drug-likeness (QED) is 0.790. The van der Waals surface area contributed by atoms with Crippen LogP contribution in [0.3, 0.4) is 0 Å². The predicted octanol–water partition coefficient (Wildman–Crippen LogP) is 3.10. The number of hydrogen-bond acceptors (Lipinski definition) is 5. The maximum Gasteiger partial charge on any atom is 0.245 e. The summed E-state index contributed by atoms with van der Waals surface area (Å²) in [6.07, 6.45) is 1.62. The minimum atomic E-state index is -1.49. The molecule has 0 saturated carbocycles. The van der Waals surface area contributed by atoms with E-state index in [1.54, 1.807) is 17.0 Å². The van der Waals surface area contributed by atoms with Gasteiger partial charge in [0.1, 0.15) is 17.3 Å². The zero-order valence-electron chi connectivity index (χ0n) is 15.6. The van der Waals surface area contributed by atoms with Crippen LogP contribution in [-0.2, 0) is 15.0 Å². The molecule has 0 aromatic heterocycles. The van der Waals surface area contributed by atoms with E-state index in [2.05, 4.69) is 11.4 Å². The van der Waals surface area contributed by atoms with Crippen LogP contribution in [0.4, 0.5) is 11.4 Å². The number of benzene rings is 2. The molecule has 0 fully saturated rings. The second-order valence-corrected chi connectivity index (χ2v) is 7.39. The molecule has 2 heterocycles. The highest BCUT2D eigenvalue weighted by molar-refractivity contribution is 6.19. The van der Waals surface area contributed by atoms with Crippen LogP contribution < -0.4 is 16.0 Å². The first-order chi connectivity index (χ1) is 14.1. The Kier molecular flexibility index (Phi) is 3.62. The van der Waals surface area contributed by atoms with Crippen LogP contribution in [-0.4, -0.2) is 11.7 Å². The van der Waals surface area contributed by atoms with Crippen molar-refractivity contribution in [3.63, 3.8) is 0 Å². The van der Waals surface area contributed by atoms with E-state index in [1.807, 2.05) is 42.5 Å². The number of nitrogens with zero attached hydrogens (tertiary/aromatic N) is 2. The Morgan fingerprint density at radius 3 is 2.52 bits per heavy atom. The van der Waals surface area contributed by atoms with Gasteiger partial charge >= 0.3 is 0 Å². The number of Topliss-reactive ketones (excluding diaryl/α,β-unsaturated/α-hetero) is 1. The molecular weight excluding hydrogens is 364 g/mol. The minimum absolute atomic E-state index is 0.0952. The molecule has 6 nitrogen and oxygen atoms in total. The number of anilines is 2. The summed E-state index contributed by atoms with van der Waals surface area (Å²) in [6, 6.07) is 18.8. The standard InChI is InChI=1S/C23H18N4O2/c24-13-16-21(25)27(14-7-2-1-3-8-14)18-11-6-12-19(28)20(18)23(16)15-9-4-5-10-17(15)26-22(23)29/h1-5,7-10H,6,11-12,25H2,(H,26,29)/t23-/m1/s1. The Bertz CT molecular complexity index is 1170. The molecule has 2 aliphatic heterocycles. The number of nitrogens with one attached hydrogen (secondary N) is 1. The number of hydrogen-bond donors (Lipinski definition) is 2. The monoisotopic (exact) mass is 382 g/mol. The molecule has 29 heavy (non-hydrogen) atoms. The van der Waals surface area contributed by atoms with Crippen LogP contribution >= 0.6 is 0 Å². The SMILES string of the molecule is N#CC1=C(N)N(c2ccccc2)C2=C(C(=O)CCC2)[C@]12C(=O)Nc1ccccc12. The van der Waals surface area contributed by atoms with Crippen molar-refractivity contribution in [1.82, 2.24) is 0 Å². The lowest BCUT2D eigenvalue weighted by Gasteiger charge is -2.43. The number of carbonyl (C=O) groups is 2. The van der Waals surface area contributed by atoms with Crippen molar-refractivity contribution in [3.8, 4) is 6.07 Å². The number of ketones is 1. The van der Waals surface area contributed by atoms with E-state index in [4.69, 9.17) is 5.73 Å². The van der Waals surface area contributed by atoms with Crippen molar-refractivity contribution >= 4 is 23.1 Å². The van der Waals surface area contributed by atoms with Gasteiger partial charge in [0.25, 0.3) is 0 Å². The fraction of sp³-hybridized carbons (Fsp3) is 0.174. The number of para-hydroxylation sites is 2. The van der Waals surface area contributed by atoms with E-state index in [0.29, 0.717) is 41.8 Å². The Balaban J connectivity index is 1.90. The molecule has 1 spiro atoms. The molecule has 0 unspecified atom stereocenters. The average molecular weight is 382 g/mol. The van der Waals surface area contributed by atoms with E-state index < -0.39 is 11.3 Å². The van der Waals surface area contributed by atoms with Gasteiger partial charge in [-0.05, 0) is 31.0 Å². The topological polar surface area (TPSA) is 99.2 Å². The number of fused-ring (bicyclic) bond motifs is 3. The zero-order valence-corrected chi connectivity index (χ0v) is 15.6. The smallest absolute Gasteiger partial charge is 0.245 e. The van der Waals surface area contributed by atoms with Gasteiger partial charge in [-0.1, -0.05) is 36.4 Å². The average Bonchev–Trinajstić information content (AvgIpc) is 3.02. The molecule has 1 amide bonds. The maximum atomic E-state index is 13.4. The molecule has 6 heteroatoms. The van der Waals surface area contributed by atoms with Crippen LogP contribution in [0.2, 0.25) is 0 Å². The van der Waals surface area contributed by atoms with Gasteiger partial charge in [0.15, 0.2) is 5.78 Å². The number of rotatable bonds is 1. The molecule has 2 aromatic rings. The summed E-state index contributed by atoms with van der Waals surface area (Å²) in [7, 11) is 0. The molecule has 5 rings (SSSR count). The second kappa shape index (κ2) is 6.08. The summed E-state index contributed by atoms with van der Waals surface area (Å²) < 4.78 is 0. The Hall–Kier alpha value is -3.85. The predicted molar refractivity (Wildman–Crippen MR) is 108 cm³/mol. The van der Waals surface area contributed by atoms with Gasteiger partial charge in [0.05, 0.1) is 5.57 Å². The molecule has 3 aliphatic rings. The van der Waals surface area contributed by atoms with Crippen LogP contribution in [0, 0.1) is 11.3 Å². The van der Waals surface area contributed by atoms with E-state index in [0.717, 1.165) is 5.69 Å². The Morgan fingerprint density at radius 2 is 1.76 bits per heavy atom. The normalized spacial score (nSPS) is 23.1. The van der Waals surface area contributed by atoms with Crippen molar-refractivity contribution in [3.05, 3.63) is 82.8 Å². The molecular formula is C23H18N4O2. The van der Waals surface area contributed by atoms with Gasteiger partial charge in [-0.15, -0.1) is 0 Å². The van der Waals surface area contributed by atoms with E-state index in [9.17, 15) is 14.9 Å². The molecule has 1 atom stereocenters. The minimum Gasteiger partial charge on any atom is -0.384 e. The van der Waals surface area contributed by atoms with E-state index >= 15 is 0 Å². The number of amides is 1. The van der Waals surface area contributed by atoms with Gasteiger partial charge in [0.2, 0.25) is 5.91 Å². The largest absolute Gasteiger partial charge is 0.384 e. The first kappa shape index (κ1) is 17.3. The number of nitriles is 1. The Labute approximate surface area is 167 Å².